The van der Waals surface area contributed by atoms with Crippen molar-refractivity contribution in [1.82, 2.24) is 4.98 Å². The molecule has 104 valence electrons. The second kappa shape index (κ2) is 4.97. The standard InChI is InChI=1S/C17H14N2OS/c20-12-5-3-4-11(8-12)18-17-13-6-1-2-7-15(13)19-16-10-21-9-14(16)17/h1-8,20H,9-10H2,(H,18,19). The van der Waals surface area contributed by atoms with Crippen LogP contribution in [0.1, 0.15) is 11.3 Å². The number of thioether (sulfide) groups is 1. The Bertz CT molecular complexity index is 832. The summed E-state index contributed by atoms with van der Waals surface area (Å²) >= 11 is 1.89. The van der Waals surface area contributed by atoms with Crippen molar-refractivity contribution < 1.29 is 5.11 Å². The van der Waals surface area contributed by atoms with Crippen LogP contribution in [-0.2, 0) is 11.5 Å². The Morgan fingerprint density at radius 2 is 1.95 bits per heavy atom. The Labute approximate surface area is 127 Å². The van der Waals surface area contributed by atoms with Gasteiger partial charge in [0.25, 0.3) is 0 Å². The molecule has 3 aromatic rings. The average molecular weight is 294 g/mol. The molecular weight excluding hydrogens is 280 g/mol. The number of aromatic hydroxyl groups is 1. The number of rotatable bonds is 2. The van der Waals surface area contributed by atoms with E-state index in [1.807, 2.05) is 42.1 Å². The van der Waals surface area contributed by atoms with Crippen molar-refractivity contribution in [3.05, 3.63) is 59.8 Å². The number of nitrogens with one attached hydrogen (secondary N) is 1. The summed E-state index contributed by atoms with van der Waals surface area (Å²) in [7, 11) is 0. The molecule has 2 aromatic carbocycles. The largest absolute Gasteiger partial charge is 0.508 e. The highest BCUT2D eigenvalue weighted by Gasteiger charge is 2.19. The molecule has 3 nitrogen and oxygen atoms in total. The zero-order chi connectivity index (χ0) is 14.2. The minimum absolute atomic E-state index is 0.268. The monoisotopic (exact) mass is 294 g/mol. The molecule has 0 unspecified atom stereocenters. The van der Waals surface area contributed by atoms with Gasteiger partial charge in [0.2, 0.25) is 0 Å². The van der Waals surface area contributed by atoms with Crippen molar-refractivity contribution in [3.8, 4) is 5.75 Å². The lowest BCUT2D eigenvalue weighted by Gasteiger charge is -2.14. The van der Waals surface area contributed by atoms with E-state index < -0.39 is 0 Å². The summed E-state index contributed by atoms with van der Waals surface area (Å²) < 4.78 is 0. The van der Waals surface area contributed by atoms with Crippen LogP contribution in [0.2, 0.25) is 0 Å². The van der Waals surface area contributed by atoms with Crippen molar-refractivity contribution in [1.29, 1.82) is 0 Å². The highest BCUT2D eigenvalue weighted by Crippen LogP contribution is 2.39. The number of pyridine rings is 1. The lowest BCUT2D eigenvalue weighted by molar-refractivity contribution is 0.475. The number of benzene rings is 2. The van der Waals surface area contributed by atoms with Gasteiger partial charge in [-0.15, -0.1) is 0 Å². The summed E-state index contributed by atoms with van der Waals surface area (Å²) in [5.41, 5.74) is 5.47. The van der Waals surface area contributed by atoms with Crippen LogP contribution in [0.5, 0.6) is 5.75 Å². The van der Waals surface area contributed by atoms with E-state index in [1.54, 1.807) is 12.1 Å². The fraction of sp³-hybridized carbons (Fsp3) is 0.118. The molecule has 2 heterocycles. The predicted molar refractivity (Wildman–Crippen MR) is 88.1 cm³/mol. The summed E-state index contributed by atoms with van der Waals surface area (Å²) in [6, 6.07) is 15.4. The van der Waals surface area contributed by atoms with Gasteiger partial charge in [-0.1, -0.05) is 24.3 Å². The van der Waals surface area contributed by atoms with Gasteiger partial charge in [0, 0.05) is 34.2 Å². The molecule has 0 radical (unpaired) electrons. The Balaban J connectivity index is 1.90. The zero-order valence-electron chi connectivity index (χ0n) is 11.3. The molecule has 0 amide bonds. The number of aromatic nitrogens is 1. The van der Waals surface area contributed by atoms with E-state index >= 15 is 0 Å². The van der Waals surface area contributed by atoms with Crippen LogP contribution in [0.4, 0.5) is 11.4 Å². The third kappa shape index (κ3) is 2.21. The third-order valence-corrected chi connectivity index (χ3v) is 4.65. The molecule has 21 heavy (non-hydrogen) atoms. The molecule has 0 spiro atoms. The summed E-state index contributed by atoms with van der Waals surface area (Å²) in [4.78, 5) is 4.77. The van der Waals surface area contributed by atoms with Gasteiger partial charge in [0.05, 0.1) is 16.9 Å². The molecular formula is C17H14N2OS. The lowest BCUT2D eigenvalue weighted by Crippen LogP contribution is -1.99. The Morgan fingerprint density at radius 3 is 2.86 bits per heavy atom. The molecule has 0 saturated heterocycles. The van der Waals surface area contributed by atoms with Gasteiger partial charge in [-0.3, -0.25) is 4.98 Å². The maximum atomic E-state index is 9.64. The maximum Gasteiger partial charge on any atom is 0.117 e. The first-order valence-electron chi connectivity index (χ1n) is 6.85. The van der Waals surface area contributed by atoms with Crippen molar-refractivity contribution in [2.45, 2.75) is 11.5 Å². The van der Waals surface area contributed by atoms with Crippen LogP contribution in [-0.4, -0.2) is 10.1 Å². The van der Waals surface area contributed by atoms with E-state index in [1.165, 1.54) is 11.3 Å². The van der Waals surface area contributed by atoms with E-state index in [0.717, 1.165) is 33.8 Å². The summed E-state index contributed by atoms with van der Waals surface area (Å²) in [5.74, 6) is 2.22. The van der Waals surface area contributed by atoms with Crippen LogP contribution >= 0.6 is 11.8 Å². The van der Waals surface area contributed by atoms with Crippen molar-refractivity contribution in [3.63, 3.8) is 0 Å². The quantitative estimate of drug-likeness (QED) is 0.734. The van der Waals surface area contributed by atoms with Crippen LogP contribution in [0.15, 0.2) is 48.5 Å². The van der Waals surface area contributed by atoms with E-state index in [0.29, 0.717) is 0 Å². The van der Waals surface area contributed by atoms with Gasteiger partial charge < -0.3 is 10.4 Å². The van der Waals surface area contributed by atoms with Gasteiger partial charge in [-0.25, -0.2) is 0 Å². The first-order chi connectivity index (χ1) is 10.3. The van der Waals surface area contributed by atoms with E-state index in [2.05, 4.69) is 11.4 Å². The second-order valence-electron chi connectivity index (χ2n) is 5.10. The van der Waals surface area contributed by atoms with Gasteiger partial charge in [0.15, 0.2) is 0 Å². The molecule has 0 saturated carbocycles. The van der Waals surface area contributed by atoms with Gasteiger partial charge in [0.1, 0.15) is 5.75 Å². The van der Waals surface area contributed by atoms with Gasteiger partial charge >= 0.3 is 0 Å². The Hall–Kier alpha value is -2.20. The highest BCUT2D eigenvalue weighted by molar-refractivity contribution is 7.98. The van der Waals surface area contributed by atoms with Gasteiger partial charge in [-0.2, -0.15) is 11.8 Å². The first kappa shape index (κ1) is 12.5. The Kier molecular flexibility index (Phi) is 2.97. The predicted octanol–water partition coefficient (Wildman–Crippen LogP) is 4.43. The molecule has 0 bridgehead atoms. The third-order valence-electron chi connectivity index (χ3n) is 3.68. The molecule has 0 fully saturated rings. The lowest BCUT2D eigenvalue weighted by atomic mass is 10.1. The van der Waals surface area contributed by atoms with E-state index in [9.17, 15) is 5.11 Å². The number of para-hydroxylation sites is 1. The smallest absolute Gasteiger partial charge is 0.117 e. The second-order valence-corrected chi connectivity index (χ2v) is 6.08. The molecule has 1 aliphatic rings. The fourth-order valence-corrected chi connectivity index (χ4v) is 3.75. The topological polar surface area (TPSA) is 45.1 Å². The van der Waals surface area contributed by atoms with Gasteiger partial charge in [-0.05, 0) is 18.2 Å². The van der Waals surface area contributed by atoms with Crippen LogP contribution < -0.4 is 5.32 Å². The number of hydrogen-bond acceptors (Lipinski definition) is 4. The van der Waals surface area contributed by atoms with Crippen LogP contribution in [0, 0.1) is 0 Å². The zero-order valence-corrected chi connectivity index (χ0v) is 12.2. The van der Waals surface area contributed by atoms with Crippen LogP contribution in [0.25, 0.3) is 10.9 Å². The molecule has 4 heteroatoms. The number of hydrogen-bond donors (Lipinski definition) is 2. The number of fused-ring (bicyclic) bond motifs is 2. The summed E-state index contributed by atoms with van der Waals surface area (Å²) in [5, 5.41) is 14.2. The number of nitrogens with zero attached hydrogens (tertiary/aromatic N) is 1. The maximum absolute atomic E-state index is 9.64. The molecule has 1 aromatic heterocycles. The number of phenolic OH excluding ortho intramolecular Hbond substituents is 1. The van der Waals surface area contributed by atoms with Crippen molar-refractivity contribution >= 4 is 34.0 Å². The molecule has 2 N–H and O–H groups in total. The minimum Gasteiger partial charge on any atom is -0.508 e. The summed E-state index contributed by atoms with van der Waals surface area (Å²) in [6.07, 6.45) is 0. The first-order valence-corrected chi connectivity index (χ1v) is 8.01. The average Bonchev–Trinajstić information content (AvgIpc) is 2.95. The van der Waals surface area contributed by atoms with Crippen molar-refractivity contribution in [2.24, 2.45) is 0 Å². The minimum atomic E-state index is 0.268. The molecule has 4 rings (SSSR count). The fourth-order valence-electron chi connectivity index (χ4n) is 2.70. The SMILES string of the molecule is Oc1cccc(Nc2c3c(nc4ccccc24)CSC3)c1. The normalized spacial score (nSPS) is 13.3. The highest BCUT2D eigenvalue weighted by atomic mass is 32.2. The molecule has 1 aliphatic heterocycles. The molecule has 0 atom stereocenters. The number of anilines is 2. The Morgan fingerprint density at radius 1 is 1.05 bits per heavy atom. The summed E-state index contributed by atoms with van der Waals surface area (Å²) in [6.45, 7) is 0. The number of phenols is 1. The van der Waals surface area contributed by atoms with E-state index in [4.69, 9.17) is 4.98 Å². The van der Waals surface area contributed by atoms with Crippen LogP contribution in [0.3, 0.4) is 0 Å². The van der Waals surface area contributed by atoms with E-state index in [-0.39, 0.29) is 5.75 Å². The molecule has 0 aliphatic carbocycles. The van der Waals surface area contributed by atoms with Crippen molar-refractivity contribution in [2.75, 3.05) is 5.32 Å².